The Morgan fingerprint density at radius 1 is 1.62 bits per heavy atom. The van der Waals surface area contributed by atoms with Crippen LogP contribution in [0.5, 0.6) is 0 Å². The minimum Gasteiger partial charge on any atom is -0.423 e. The largest absolute Gasteiger partial charge is 0.423 e. The topological polar surface area (TPSA) is 9.23 Å². The number of hydrogen-bond donors (Lipinski definition) is 0. The minimum atomic E-state index is -0.783. The normalized spacial score (nSPS) is 13.9. The van der Waals surface area contributed by atoms with E-state index in [4.69, 9.17) is 16.0 Å². The van der Waals surface area contributed by atoms with Crippen molar-refractivity contribution in [2.24, 2.45) is 0 Å². The fraction of sp³-hybridized carbons (Fsp3) is 1.00. The maximum absolute atomic E-state index is 5.47. The van der Waals surface area contributed by atoms with Crippen LogP contribution in [-0.2, 0) is 4.43 Å². The van der Waals surface area contributed by atoms with Crippen LogP contribution in [0.4, 0.5) is 0 Å². The van der Waals surface area contributed by atoms with Crippen LogP contribution in [0.15, 0.2) is 0 Å². The maximum Gasteiger partial charge on any atom is 0.173 e. The van der Waals surface area contributed by atoms with Crippen LogP contribution in [0.3, 0.4) is 0 Å². The molecule has 0 rings (SSSR count). The molecule has 0 saturated carbocycles. The van der Waals surface area contributed by atoms with Crippen molar-refractivity contribution < 1.29 is 4.43 Å². The molecule has 0 aromatic rings. The average Bonchev–Trinajstić information content (AvgIpc) is 1.83. The van der Waals surface area contributed by atoms with E-state index in [1.165, 1.54) is 6.04 Å². The summed E-state index contributed by atoms with van der Waals surface area (Å²) in [6.45, 7) is 2.19. The Morgan fingerprint density at radius 2 is 2.25 bits per heavy atom. The number of alkyl halides is 1. The highest BCUT2D eigenvalue weighted by atomic mass is 35.5. The first-order valence-electron chi connectivity index (χ1n) is 2.90. The second-order valence-corrected chi connectivity index (χ2v) is 4.93. The third-order valence-electron chi connectivity index (χ3n) is 1.15. The monoisotopic (exact) mass is 152 g/mol. The summed E-state index contributed by atoms with van der Waals surface area (Å²) in [5.74, 6) is 0.778. The van der Waals surface area contributed by atoms with Crippen molar-refractivity contribution in [1.82, 2.24) is 0 Å². The van der Waals surface area contributed by atoms with Gasteiger partial charge in [-0.25, -0.2) is 0 Å². The zero-order chi connectivity index (χ0) is 6.41. The van der Waals surface area contributed by atoms with Crippen molar-refractivity contribution in [2.75, 3.05) is 13.0 Å². The predicted molar refractivity (Wildman–Crippen MR) is 40.2 cm³/mol. The third-order valence-corrected chi connectivity index (χ3v) is 3.44. The zero-order valence-electron chi connectivity index (χ0n) is 5.48. The highest BCUT2D eigenvalue weighted by Gasteiger charge is 1.98. The molecule has 0 aromatic carbocycles. The smallest absolute Gasteiger partial charge is 0.173 e. The van der Waals surface area contributed by atoms with E-state index in [0.717, 1.165) is 12.3 Å². The van der Waals surface area contributed by atoms with Crippen molar-refractivity contribution in [2.45, 2.75) is 19.0 Å². The Kier molecular flexibility index (Phi) is 5.93. The van der Waals surface area contributed by atoms with Gasteiger partial charge in [-0.05, 0) is 19.0 Å². The second-order valence-electron chi connectivity index (χ2n) is 1.88. The molecule has 0 amide bonds. The summed E-state index contributed by atoms with van der Waals surface area (Å²) in [5, 5.41) is 0. The van der Waals surface area contributed by atoms with E-state index >= 15 is 0 Å². The van der Waals surface area contributed by atoms with Gasteiger partial charge in [0.05, 0.1) is 0 Å². The van der Waals surface area contributed by atoms with Gasteiger partial charge in [0.1, 0.15) is 0 Å². The van der Waals surface area contributed by atoms with Gasteiger partial charge < -0.3 is 4.43 Å². The van der Waals surface area contributed by atoms with Gasteiger partial charge in [0.2, 0.25) is 0 Å². The summed E-state index contributed by atoms with van der Waals surface area (Å²) in [5.41, 5.74) is 0. The molecule has 0 aliphatic carbocycles. The van der Waals surface area contributed by atoms with Crippen LogP contribution in [0, 0.1) is 0 Å². The van der Waals surface area contributed by atoms with Crippen molar-refractivity contribution >= 4 is 20.6 Å². The summed E-state index contributed by atoms with van der Waals surface area (Å²) >= 11 is 5.47. The molecule has 3 heteroatoms. The molecule has 0 heterocycles. The van der Waals surface area contributed by atoms with Crippen molar-refractivity contribution in [1.29, 1.82) is 0 Å². The van der Waals surface area contributed by atoms with E-state index in [0.29, 0.717) is 0 Å². The fourth-order valence-electron chi connectivity index (χ4n) is 0.482. The maximum atomic E-state index is 5.47. The highest BCUT2D eigenvalue weighted by Crippen LogP contribution is 1.98. The van der Waals surface area contributed by atoms with Crippen LogP contribution in [-0.4, -0.2) is 22.0 Å². The second kappa shape index (κ2) is 5.60. The summed E-state index contributed by atoms with van der Waals surface area (Å²) < 4.78 is 5.13. The Morgan fingerprint density at radius 3 is 2.62 bits per heavy atom. The molecule has 0 fully saturated rings. The molecule has 8 heavy (non-hydrogen) atoms. The lowest BCUT2D eigenvalue weighted by molar-refractivity contribution is 0.423. The molecule has 1 unspecified atom stereocenters. The number of halogens is 1. The molecule has 0 aliphatic heterocycles. The zero-order valence-corrected chi connectivity index (χ0v) is 7.40. The van der Waals surface area contributed by atoms with E-state index in [2.05, 4.69) is 6.55 Å². The molecular formula is C5H13ClOSi. The van der Waals surface area contributed by atoms with Gasteiger partial charge in [-0.2, -0.15) is 0 Å². The van der Waals surface area contributed by atoms with Gasteiger partial charge in [0.25, 0.3) is 0 Å². The Bertz CT molecular complexity index is 51.7. The van der Waals surface area contributed by atoms with E-state index in [9.17, 15) is 0 Å². The van der Waals surface area contributed by atoms with Crippen molar-refractivity contribution in [3.63, 3.8) is 0 Å². The van der Waals surface area contributed by atoms with E-state index in [1.807, 2.05) is 0 Å². The first kappa shape index (κ1) is 8.47. The predicted octanol–water partition coefficient (Wildman–Crippen LogP) is 1.62. The van der Waals surface area contributed by atoms with Crippen LogP contribution in [0.2, 0.25) is 12.6 Å². The summed E-state index contributed by atoms with van der Waals surface area (Å²) in [6.07, 6.45) is 1.11. The molecule has 1 nitrogen and oxygen atoms in total. The molecular weight excluding hydrogens is 140 g/mol. The quantitative estimate of drug-likeness (QED) is 0.440. The molecule has 0 spiro atoms. The molecule has 50 valence electrons. The van der Waals surface area contributed by atoms with Gasteiger partial charge in [0.15, 0.2) is 9.04 Å². The number of hydrogen-bond acceptors (Lipinski definition) is 1. The van der Waals surface area contributed by atoms with Crippen LogP contribution < -0.4 is 0 Å². The summed E-state index contributed by atoms with van der Waals surface area (Å²) in [6, 6.07) is 1.21. The molecule has 1 atom stereocenters. The molecule has 0 aliphatic rings. The standard InChI is InChI=1S/C5H13ClOSi/c1-7-8(2)5-3-4-6/h8H,3-5H2,1-2H3. The molecule has 0 radical (unpaired) electrons. The van der Waals surface area contributed by atoms with E-state index in [-0.39, 0.29) is 0 Å². The molecule has 0 N–H and O–H groups in total. The number of rotatable bonds is 4. The van der Waals surface area contributed by atoms with Gasteiger partial charge in [0, 0.05) is 13.0 Å². The van der Waals surface area contributed by atoms with Gasteiger partial charge in [-0.3, -0.25) is 0 Å². The molecule has 0 saturated heterocycles. The SMILES string of the molecule is CO[SiH](C)CCCCl. The molecule has 0 bridgehead atoms. The van der Waals surface area contributed by atoms with E-state index in [1.54, 1.807) is 7.11 Å². The fourth-order valence-corrected chi connectivity index (χ4v) is 1.91. The minimum absolute atomic E-state index is 0.778. The van der Waals surface area contributed by atoms with Crippen LogP contribution >= 0.6 is 11.6 Å². The lowest BCUT2D eigenvalue weighted by atomic mass is 10.6. The van der Waals surface area contributed by atoms with Crippen LogP contribution in [0.1, 0.15) is 6.42 Å². The van der Waals surface area contributed by atoms with Crippen LogP contribution in [0.25, 0.3) is 0 Å². The summed E-state index contributed by atoms with van der Waals surface area (Å²) in [7, 11) is 0.999. The van der Waals surface area contributed by atoms with Crippen molar-refractivity contribution in [3.05, 3.63) is 0 Å². The molecule has 0 aromatic heterocycles. The summed E-state index contributed by atoms with van der Waals surface area (Å²) in [4.78, 5) is 0. The highest BCUT2D eigenvalue weighted by molar-refractivity contribution is 6.50. The Balaban J connectivity index is 2.86. The first-order valence-corrected chi connectivity index (χ1v) is 5.87. The van der Waals surface area contributed by atoms with E-state index < -0.39 is 9.04 Å². The van der Waals surface area contributed by atoms with Gasteiger partial charge in [-0.15, -0.1) is 11.6 Å². The first-order chi connectivity index (χ1) is 3.81. The van der Waals surface area contributed by atoms with Gasteiger partial charge >= 0.3 is 0 Å². The lowest BCUT2D eigenvalue weighted by Gasteiger charge is -2.03. The third kappa shape index (κ3) is 4.62. The van der Waals surface area contributed by atoms with Crippen molar-refractivity contribution in [3.8, 4) is 0 Å². The average molecular weight is 153 g/mol. The Labute approximate surface area is 57.7 Å². The lowest BCUT2D eigenvalue weighted by Crippen LogP contribution is -2.09. The van der Waals surface area contributed by atoms with Gasteiger partial charge in [-0.1, -0.05) is 0 Å². The Hall–Kier alpha value is 0.467.